The van der Waals surface area contributed by atoms with E-state index in [1.165, 1.54) is 16.3 Å². The van der Waals surface area contributed by atoms with Crippen molar-refractivity contribution in [2.45, 2.75) is 19.3 Å². The topological polar surface area (TPSA) is 26.0 Å². The molecule has 0 aromatic heterocycles. The van der Waals surface area contributed by atoms with Gasteiger partial charge in [-0.3, -0.25) is 0 Å². The fraction of sp³-hybridized carbons (Fsp3) is 0.286. The van der Waals surface area contributed by atoms with Gasteiger partial charge in [0.05, 0.1) is 0 Å². The van der Waals surface area contributed by atoms with Gasteiger partial charge in [0, 0.05) is 17.0 Å². The Morgan fingerprint density at radius 3 is 2.62 bits per heavy atom. The van der Waals surface area contributed by atoms with Gasteiger partial charge in [-0.25, -0.2) is 0 Å². The van der Waals surface area contributed by atoms with Gasteiger partial charge in [0.1, 0.15) is 0 Å². The van der Waals surface area contributed by atoms with Crippen LogP contribution in [0.2, 0.25) is 5.02 Å². The van der Waals surface area contributed by atoms with Crippen LogP contribution in [-0.4, -0.2) is 6.54 Å². The van der Waals surface area contributed by atoms with E-state index in [-0.39, 0.29) is 5.41 Å². The van der Waals surface area contributed by atoms with Crippen LogP contribution in [0.5, 0.6) is 0 Å². The maximum absolute atomic E-state index is 6.05. The Hall–Kier alpha value is -1.05. The molecule has 0 aliphatic carbocycles. The second-order valence-corrected chi connectivity index (χ2v) is 5.20. The van der Waals surface area contributed by atoms with Gasteiger partial charge in [-0.1, -0.05) is 49.7 Å². The van der Waals surface area contributed by atoms with Crippen LogP contribution in [0.15, 0.2) is 36.4 Å². The number of rotatable bonds is 2. The first-order valence-electron chi connectivity index (χ1n) is 5.43. The van der Waals surface area contributed by atoms with Gasteiger partial charge in [-0.05, 0) is 28.5 Å². The molecule has 0 fully saturated rings. The lowest BCUT2D eigenvalue weighted by Crippen LogP contribution is -2.28. The first-order chi connectivity index (χ1) is 7.54. The monoisotopic (exact) mass is 233 g/mol. The summed E-state index contributed by atoms with van der Waals surface area (Å²) in [4.78, 5) is 0. The summed E-state index contributed by atoms with van der Waals surface area (Å²) in [5.41, 5.74) is 7.07. The molecule has 1 nitrogen and oxygen atoms in total. The van der Waals surface area contributed by atoms with E-state index in [9.17, 15) is 0 Å². The van der Waals surface area contributed by atoms with Crippen molar-refractivity contribution in [3.63, 3.8) is 0 Å². The Kier molecular flexibility index (Phi) is 2.92. The van der Waals surface area contributed by atoms with E-state index in [0.717, 1.165) is 5.02 Å². The molecule has 0 atom stereocenters. The molecule has 84 valence electrons. The number of hydrogen-bond acceptors (Lipinski definition) is 1. The number of hydrogen-bond donors (Lipinski definition) is 1. The molecule has 0 spiro atoms. The molecule has 0 heterocycles. The Labute approximate surface area is 101 Å². The van der Waals surface area contributed by atoms with Crippen molar-refractivity contribution in [1.82, 2.24) is 0 Å². The highest BCUT2D eigenvalue weighted by molar-refractivity contribution is 6.31. The number of halogens is 1. The van der Waals surface area contributed by atoms with E-state index in [0.29, 0.717) is 6.54 Å². The molecule has 2 heteroatoms. The molecule has 2 aromatic rings. The highest BCUT2D eigenvalue weighted by atomic mass is 35.5. The summed E-state index contributed by atoms with van der Waals surface area (Å²) in [6.45, 7) is 4.93. The van der Waals surface area contributed by atoms with Crippen LogP contribution in [0, 0.1) is 0 Å². The highest BCUT2D eigenvalue weighted by Crippen LogP contribution is 2.31. The van der Waals surface area contributed by atoms with Crippen molar-refractivity contribution in [2.75, 3.05) is 6.54 Å². The molecule has 0 unspecified atom stereocenters. The first-order valence-corrected chi connectivity index (χ1v) is 5.81. The van der Waals surface area contributed by atoms with Crippen molar-refractivity contribution in [2.24, 2.45) is 5.73 Å². The molecule has 2 N–H and O–H groups in total. The molecule has 2 rings (SSSR count). The van der Waals surface area contributed by atoms with Gasteiger partial charge in [-0.2, -0.15) is 0 Å². The van der Waals surface area contributed by atoms with Crippen LogP contribution < -0.4 is 5.73 Å². The van der Waals surface area contributed by atoms with E-state index in [1.54, 1.807) is 0 Å². The quantitative estimate of drug-likeness (QED) is 0.841. The maximum atomic E-state index is 6.05. The molecule has 0 saturated heterocycles. The second kappa shape index (κ2) is 4.08. The molecule has 0 saturated carbocycles. The van der Waals surface area contributed by atoms with E-state index >= 15 is 0 Å². The fourth-order valence-electron chi connectivity index (χ4n) is 1.94. The van der Waals surface area contributed by atoms with Gasteiger partial charge in [0.15, 0.2) is 0 Å². The van der Waals surface area contributed by atoms with E-state index < -0.39 is 0 Å². The highest BCUT2D eigenvalue weighted by Gasteiger charge is 2.20. The van der Waals surface area contributed by atoms with E-state index in [1.807, 2.05) is 18.2 Å². The molecule has 0 aliphatic heterocycles. The van der Waals surface area contributed by atoms with Crippen molar-refractivity contribution in [1.29, 1.82) is 0 Å². The molecular formula is C14H16ClN. The van der Waals surface area contributed by atoms with Crippen molar-refractivity contribution in [3.8, 4) is 0 Å². The minimum absolute atomic E-state index is 0.0236. The third kappa shape index (κ3) is 1.93. The molecule has 16 heavy (non-hydrogen) atoms. The van der Waals surface area contributed by atoms with Gasteiger partial charge in [0.25, 0.3) is 0 Å². The van der Waals surface area contributed by atoms with Gasteiger partial charge in [-0.15, -0.1) is 0 Å². The third-order valence-corrected chi connectivity index (χ3v) is 3.32. The summed E-state index contributed by atoms with van der Waals surface area (Å²) in [7, 11) is 0. The average Bonchev–Trinajstić information content (AvgIpc) is 2.28. The summed E-state index contributed by atoms with van der Waals surface area (Å²) in [5.74, 6) is 0. The number of nitrogens with two attached hydrogens (primary N) is 1. The van der Waals surface area contributed by atoms with Crippen LogP contribution in [0.4, 0.5) is 0 Å². The first kappa shape index (κ1) is 11.4. The molecule has 0 bridgehead atoms. The predicted octanol–water partition coefficient (Wildman–Crippen LogP) is 3.73. The molecule has 0 radical (unpaired) electrons. The lowest BCUT2D eigenvalue weighted by molar-refractivity contribution is 0.544. The Bertz CT molecular complexity index is 517. The van der Waals surface area contributed by atoms with Gasteiger partial charge >= 0.3 is 0 Å². The summed E-state index contributed by atoms with van der Waals surface area (Å²) in [5, 5.41) is 3.18. The van der Waals surface area contributed by atoms with E-state index in [4.69, 9.17) is 17.3 Å². The smallest absolute Gasteiger partial charge is 0.0412 e. The minimum atomic E-state index is -0.0236. The van der Waals surface area contributed by atoms with Gasteiger partial charge < -0.3 is 5.73 Å². The largest absolute Gasteiger partial charge is 0.330 e. The molecule has 2 aromatic carbocycles. The number of fused-ring (bicyclic) bond motifs is 1. The summed E-state index contributed by atoms with van der Waals surface area (Å²) < 4.78 is 0. The zero-order valence-corrected chi connectivity index (χ0v) is 10.4. The van der Waals surface area contributed by atoms with Crippen LogP contribution in [0.25, 0.3) is 10.8 Å². The Balaban J connectivity index is 2.74. The Morgan fingerprint density at radius 1 is 1.19 bits per heavy atom. The molecular weight excluding hydrogens is 218 g/mol. The van der Waals surface area contributed by atoms with Crippen LogP contribution in [-0.2, 0) is 5.41 Å². The summed E-state index contributed by atoms with van der Waals surface area (Å²) >= 11 is 6.05. The molecule has 0 amide bonds. The minimum Gasteiger partial charge on any atom is -0.330 e. The normalized spacial score (nSPS) is 12.0. The van der Waals surface area contributed by atoms with E-state index in [2.05, 4.69) is 32.0 Å². The van der Waals surface area contributed by atoms with Crippen LogP contribution in [0.1, 0.15) is 19.4 Å². The fourth-order valence-corrected chi connectivity index (χ4v) is 2.12. The zero-order valence-electron chi connectivity index (χ0n) is 9.63. The predicted molar refractivity (Wildman–Crippen MR) is 71.0 cm³/mol. The number of benzene rings is 2. The van der Waals surface area contributed by atoms with Crippen LogP contribution in [0.3, 0.4) is 0 Å². The maximum Gasteiger partial charge on any atom is 0.0412 e. The lowest BCUT2D eigenvalue weighted by atomic mass is 9.82. The second-order valence-electron chi connectivity index (χ2n) is 4.76. The summed E-state index contributed by atoms with van der Waals surface area (Å²) in [6, 6.07) is 12.3. The third-order valence-electron chi connectivity index (χ3n) is 3.08. The average molecular weight is 234 g/mol. The Morgan fingerprint density at radius 2 is 1.94 bits per heavy atom. The zero-order chi connectivity index (χ0) is 11.8. The summed E-state index contributed by atoms with van der Waals surface area (Å²) in [6.07, 6.45) is 0. The standard InChI is InChI=1S/C14H16ClN/c1-14(2,9-16)13-5-3-4-10-6-7-11(15)8-12(10)13/h3-8H,9,16H2,1-2H3. The molecule has 0 aliphatic rings. The van der Waals surface area contributed by atoms with Crippen molar-refractivity contribution in [3.05, 3.63) is 47.0 Å². The SMILES string of the molecule is CC(C)(CN)c1cccc2ccc(Cl)cc12. The van der Waals surface area contributed by atoms with Crippen molar-refractivity contribution >= 4 is 22.4 Å². The van der Waals surface area contributed by atoms with Crippen molar-refractivity contribution < 1.29 is 0 Å². The lowest BCUT2D eigenvalue weighted by Gasteiger charge is -2.24. The van der Waals surface area contributed by atoms with Gasteiger partial charge in [0.2, 0.25) is 0 Å². The van der Waals surface area contributed by atoms with Crippen LogP contribution >= 0.6 is 11.6 Å².